The van der Waals surface area contributed by atoms with Crippen LogP contribution in [-0.2, 0) is 4.79 Å². The van der Waals surface area contributed by atoms with Crippen LogP contribution in [-0.4, -0.2) is 5.78 Å². The molecule has 2 aliphatic rings. The van der Waals surface area contributed by atoms with Crippen LogP contribution in [0.3, 0.4) is 0 Å². The molecule has 0 radical (unpaired) electrons. The Morgan fingerprint density at radius 1 is 1.27 bits per heavy atom. The average Bonchev–Trinajstić information content (AvgIpc) is 2.53. The van der Waals surface area contributed by atoms with Crippen LogP contribution in [0.1, 0.15) is 51.4 Å². The number of allylic oxidation sites excluding steroid dienone is 1. The van der Waals surface area contributed by atoms with Crippen molar-refractivity contribution in [3.63, 3.8) is 0 Å². The monoisotopic (exact) mass is 318 g/mol. The summed E-state index contributed by atoms with van der Waals surface area (Å²) in [5.41, 5.74) is 0.00870. The van der Waals surface area contributed by atoms with E-state index in [0.29, 0.717) is 11.7 Å². The lowest BCUT2D eigenvalue weighted by Crippen LogP contribution is -2.34. The molecule has 2 unspecified atom stereocenters. The Kier molecular flexibility index (Phi) is 3.53. The fraction of sp³-hybridized carbons (Fsp3) is 0.769. The minimum absolute atomic E-state index is 0.00870. The molecule has 0 aromatic carbocycles. The van der Waals surface area contributed by atoms with Gasteiger partial charge in [0.1, 0.15) is 5.78 Å². The predicted molar refractivity (Wildman–Crippen MR) is 71.0 cm³/mol. The Morgan fingerprint density at radius 3 is 2.73 bits per heavy atom. The first kappa shape index (κ1) is 11.6. The molecule has 2 rings (SSSR count). The van der Waals surface area contributed by atoms with Crippen LogP contribution in [0.5, 0.6) is 0 Å². The van der Waals surface area contributed by atoms with Gasteiger partial charge in [-0.2, -0.15) is 0 Å². The molecule has 0 heterocycles. The summed E-state index contributed by atoms with van der Waals surface area (Å²) in [5, 5.41) is 0. The number of Topliss-reactive ketones (excluding diaryl/α,β-unsaturated/α-hetero) is 1. The van der Waals surface area contributed by atoms with Crippen molar-refractivity contribution in [3.8, 4) is 0 Å². The third kappa shape index (κ3) is 2.02. The SMILES string of the molecule is C=C(I)C1CCCC12CCCCCC2=O. The van der Waals surface area contributed by atoms with Gasteiger partial charge in [0.25, 0.3) is 0 Å². The third-order valence-electron chi connectivity index (χ3n) is 4.24. The summed E-state index contributed by atoms with van der Waals surface area (Å²) in [7, 11) is 0. The van der Waals surface area contributed by atoms with Crippen molar-refractivity contribution in [1.82, 2.24) is 0 Å². The van der Waals surface area contributed by atoms with Crippen LogP contribution < -0.4 is 0 Å². The van der Waals surface area contributed by atoms with Crippen molar-refractivity contribution in [2.24, 2.45) is 11.3 Å². The number of carbonyl (C=O) groups excluding carboxylic acids is 1. The van der Waals surface area contributed by atoms with Crippen LogP contribution in [0.25, 0.3) is 0 Å². The molecular formula is C13H19IO. The second kappa shape index (κ2) is 4.56. The first-order valence-electron chi connectivity index (χ1n) is 6.04. The quantitative estimate of drug-likeness (QED) is 0.661. The maximum absolute atomic E-state index is 12.3. The van der Waals surface area contributed by atoms with E-state index in [9.17, 15) is 4.79 Å². The summed E-state index contributed by atoms with van der Waals surface area (Å²) in [6.07, 6.45) is 9.07. The number of carbonyl (C=O) groups is 1. The van der Waals surface area contributed by atoms with Gasteiger partial charge < -0.3 is 0 Å². The van der Waals surface area contributed by atoms with Crippen molar-refractivity contribution in [3.05, 3.63) is 10.2 Å². The zero-order valence-electron chi connectivity index (χ0n) is 9.23. The van der Waals surface area contributed by atoms with E-state index < -0.39 is 0 Å². The summed E-state index contributed by atoms with van der Waals surface area (Å²) < 4.78 is 1.21. The Hall–Kier alpha value is 0.140. The molecule has 84 valence electrons. The van der Waals surface area contributed by atoms with Crippen molar-refractivity contribution >= 4 is 28.4 Å². The van der Waals surface area contributed by atoms with Gasteiger partial charge in [-0.25, -0.2) is 0 Å². The molecule has 1 nitrogen and oxygen atoms in total. The summed E-state index contributed by atoms with van der Waals surface area (Å²) in [4.78, 5) is 12.3. The van der Waals surface area contributed by atoms with E-state index in [4.69, 9.17) is 0 Å². The van der Waals surface area contributed by atoms with Crippen molar-refractivity contribution in [2.75, 3.05) is 0 Å². The molecule has 0 N–H and O–H groups in total. The largest absolute Gasteiger partial charge is 0.299 e. The van der Waals surface area contributed by atoms with Crippen LogP contribution >= 0.6 is 22.6 Å². The van der Waals surface area contributed by atoms with Gasteiger partial charge in [0.15, 0.2) is 0 Å². The van der Waals surface area contributed by atoms with Crippen LogP contribution in [0.2, 0.25) is 0 Å². The lowest BCUT2D eigenvalue weighted by molar-refractivity contribution is -0.130. The maximum Gasteiger partial charge on any atom is 0.139 e. The molecule has 0 bridgehead atoms. The zero-order valence-corrected chi connectivity index (χ0v) is 11.4. The second-order valence-electron chi connectivity index (χ2n) is 5.03. The average molecular weight is 318 g/mol. The predicted octanol–water partition coefficient (Wildman–Crippen LogP) is 4.25. The highest BCUT2D eigenvalue weighted by Crippen LogP contribution is 2.53. The van der Waals surface area contributed by atoms with Crippen molar-refractivity contribution in [2.45, 2.75) is 51.4 Å². The van der Waals surface area contributed by atoms with Crippen LogP contribution in [0.4, 0.5) is 0 Å². The molecule has 0 aromatic heterocycles. The highest BCUT2D eigenvalue weighted by molar-refractivity contribution is 14.1. The van der Waals surface area contributed by atoms with Crippen molar-refractivity contribution < 1.29 is 4.79 Å². The van der Waals surface area contributed by atoms with Gasteiger partial charge >= 0.3 is 0 Å². The van der Waals surface area contributed by atoms with E-state index >= 15 is 0 Å². The van der Waals surface area contributed by atoms with E-state index in [-0.39, 0.29) is 5.41 Å². The summed E-state index contributed by atoms with van der Waals surface area (Å²) >= 11 is 2.33. The van der Waals surface area contributed by atoms with Gasteiger partial charge in [0.2, 0.25) is 0 Å². The smallest absolute Gasteiger partial charge is 0.139 e. The number of hydrogen-bond donors (Lipinski definition) is 0. The molecule has 2 saturated carbocycles. The maximum atomic E-state index is 12.3. The van der Waals surface area contributed by atoms with Gasteiger partial charge in [-0.15, -0.1) is 0 Å². The fourth-order valence-electron chi connectivity index (χ4n) is 3.45. The standard InChI is InChI=1S/C13H19IO/c1-10(14)11-6-5-9-13(11)8-4-2-3-7-12(13)15/h11H,1-9H2. The van der Waals surface area contributed by atoms with E-state index in [0.717, 1.165) is 25.7 Å². The summed E-state index contributed by atoms with van der Waals surface area (Å²) in [6, 6.07) is 0. The van der Waals surface area contributed by atoms with E-state index in [1.807, 2.05) is 0 Å². The Bertz CT molecular complexity index is 284. The topological polar surface area (TPSA) is 17.1 Å². The van der Waals surface area contributed by atoms with Gasteiger partial charge in [-0.3, -0.25) is 4.79 Å². The fourth-order valence-corrected chi connectivity index (χ4v) is 4.36. The lowest BCUT2D eigenvalue weighted by Gasteiger charge is -2.33. The highest BCUT2D eigenvalue weighted by Gasteiger charge is 2.48. The Morgan fingerprint density at radius 2 is 2.00 bits per heavy atom. The summed E-state index contributed by atoms with van der Waals surface area (Å²) in [5.74, 6) is 1.02. The van der Waals surface area contributed by atoms with E-state index in [2.05, 4.69) is 29.2 Å². The molecular weight excluding hydrogens is 299 g/mol. The molecule has 0 aliphatic heterocycles. The summed E-state index contributed by atoms with van der Waals surface area (Å²) in [6.45, 7) is 4.09. The number of rotatable bonds is 1. The highest BCUT2D eigenvalue weighted by atomic mass is 127. The molecule has 0 aromatic rings. The lowest BCUT2D eigenvalue weighted by atomic mass is 9.71. The minimum Gasteiger partial charge on any atom is -0.299 e. The normalized spacial score (nSPS) is 36.9. The molecule has 2 aliphatic carbocycles. The number of hydrogen-bond acceptors (Lipinski definition) is 1. The minimum atomic E-state index is 0.00870. The molecule has 0 amide bonds. The van der Waals surface area contributed by atoms with Crippen LogP contribution in [0, 0.1) is 11.3 Å². The van der Waals surface area contributed by atoms with Crippen LogP contribution in [0.15, 0.2) is 10.2 Å². The van der Waals surface area contributed by atoms with Gasteiger partial charge in [-0.05, 0) is 51.9 Å². The molecule has 0 saturated heterocycles. The molecule has 15 heavy (non-hydrogen) atoms. The molecule has 1 spiro atoms. The van der Waals surface area contributed by atoms with E-state index in [1.54, 1.807) is 0 Å². The third-order valence-corrected chi connectivity index (χ3v) is 4.99. The Labute approximate surface area is 106 Å². The second-order valence-corrected chi connectivity index (χ2v) is 6.42. The Balaban J connectivity index is 2.28. The number of ketones is 1. The molecule has 2 fully saturated rings. The molecule has 2 atom stereocenters. The first-order valence-corrected chi connectivity index (χ1v) is 7.12. The van der Waals surface area contributed by atoms with Gasteiger partial charge in [-0.1, -0.05) is 25.8 Å². The first-order chi connectivity index (χ1) is 7.17. The van der Waals surface area contributed by atoms with Gasteiger partial charge in [0, 0.05) is 17.8 Å². The van der Waals surface area contributed by atoms with Gasteiger partial charge in [0.05, 0.1) is 0 Å². The number of halogens is 1. The molecule has 2 heteroatoms. The zero-order chi connectivity index (χ0) is 10.9. The van der Waals surface area contributed by atoms with Crippen molar-refractivity contribution in [1.29, 1.82) is 0 Å². The van der Waals surface area contributed by atoms with E-state index in [1.165, 1.54) is 29.3 Å².